The van der Waals surface area contributed by atoms with Gasteiger partial charge in [-0.15, -0.1) is 0 Å². The number of anilines is 1. The number of methoxy groups -OCH3 is 1. The maximum atomic E-state index is 13.5. The van der Waals surface area contributed by atoms with Crippen LogP contribution in [0.15, 0.2) is 36.4 Å². The van der Waals surface area contributed by atoms with Gasteiger partial charge in [0, 0.05) is 56.7 Å². The van der Waals surface area contributed by atoms with Crippen molar-refractivity contribution in [3.05, 3.63) is 58.1 Å². The number of hydrogen-bond donors (Lipinski definition) is 1. The molecule has 264 valence electrons. The van der Waals surface area contributed by atoms with Gasteiger partial charge in [-0.25, -0.2) is 4.21 Å². The van der Waals surface area contributed by atoms with E-state index in [2.05, 4.69) is 35.6 Å². The number of benzene rings is 2. The van der Waals surface area contributed by atoms with E-state index in [1.165, 1.54) is 11.1 Å². The molecule has 0 saturated heterocycles. The first-order valence-corrected chi connectivity index (χ1v) is 19.4. The molecular formula is C38H54ClN3O5S. The lowest BCUT2D eigenvalue weighted by Crippen LogP contribution is -2.44. The van der Waals surface area contributed by atoms with Crippen LogP contribution in [0.1, 0.15) is 93.1 Å². The van der Waals surface area contributed by atoms with Crippen molar-refractivity contribution < 1.29 is 23.3 Å². The maximum absolute atomic E-state index is 13.5. The third-order valence-corrected chi connectivity index (χ3v) is 12.9. The van der Waals surface area contributed by atoms with Crippen LogP contribution in [-0.4, -0.2) is 73.2 Å². The number of hydrogen-bond acceptors (Lipinski definition) is 6. The third-order valence-electron chi connectivity index (χ3n) is 11.1. The Morgan fingerprint density at radius 2 is 1.94 bits per heavy atom. The lowest BCUT2D eigenvalue weighted by molar-refractivity contribution is -0.132. The molecule has 3 aliphatic rings. The van der Waals surface area contributed by atoms with E-state index < -0.39 is 11.0 Å². The minimum absolute atomic E-state index is 0.110. The molecule has 2 heterocycles. The summed E-state index contributed by atoms with van der Waals surface area (Å²) in [6.07, 6.45) is 7.53. The van der Waals surface area contributed by atoms with Crippen molar-refractivity contribution in [2.24, 2.45) is 23.7 Å². The van der Waals surface area contributed by atoms with Crippen LogP contribution in [0.4, 0.5) is 5.69 Å². The Hall–Kier alpha value is -2.62. The third kappa shape index (κ3) is 8.75. The number of nitrogens with zero attached hydrogens (tertiary/aromatic N) is 2. The first-order valence-electron chi connectivity index (χ1n) is 17.8. The Kier molecular flexibility index (Phi) is 12.9. The fourth-order valence-corrected chi connectivity index (χ4v) is 9.01. The SMILES string of the molecule is CCCc1cc(Cl)ccc1C1COc2ccc3cc2N(C1)CC1CCC1C(CC(=O)N(C)CCOC)CCCC(C)C(C)S(=O)NC3=O. The predicted octanol–water partition coefficient (Wildman–Crippen LogP) is 7.01. The molecule has 0 spiro atoms. The Labute approximate surface area is 294 Å². The average molecular weight is 700 g/mol. The van der Waals surface area contributed by atoms with E-state index in [1.807, 2.05) is 32.2 Å². The molecule has 1 aliphatic carbocycles. The van der Waals surface area contributed by atoms with Crippen LogP contribution in [0.3, 0.4) is 0 Å². The Morgan fingerprint density at radius 3 is 2.67 bits per heavy atom. The number of carbonyl (C=O) groups excluding carboxylic acids is 2. The molecule has 2 aromatic rings. The van der Waals surface area contributed by atoms with Crippen molar-refractivity contribution in [1.29, 1.82) is 0 Å². The number of aryl methyl sites for hydroxylation is 1. The molecule has 2 aromatic carbocycles. The van der Waals surface area contributed by atoms with Gasteiger partial charge in [0.1, 0.15) is 16.7 Å². The van der Waals surface area contributed by atoms with Gasteiger partial charge in [0.15, 0.2) is 0 Å². The Bertz CT molecular complexity index is 1460. The largest absolute Gasteiger partial charge is 0.491 e. The van der Waals surface area contributed by atoms with Gasteiger partial charge < -0.3 is 19.3 Å². The van der Waals surface area contributed by atoms with Gasteiger partial charge >= 0.3 is 0 Å². The van der Waals surface area contributed by atoms with Crippen molar-refractivity contribution in [2.75, 3.05) is 51.9 Å². The topological polar surface area (TPSA) is 88.2 Å². The van der Waals surface area contributed by atoms with Crippen LogP contribution >= 0.6 is 11.6 Å². The molecule has 48 heavy (non-hydrogen) atoms. The minimum atomic E-state index is -1.53. The standard InChI is InChI=1S/C38H54ClN3O5S/c1-6-8-27-19-32(39)13-15-34(27)31-23-42-22-30-11-14-33(30)28(21-37(43)41(4)17-18-46-5)10-7-9-25(2)26(3)48(45)40-38(44)29-12-16-36(47-24-31)35(42)20-29/h12-13,15-16,19-20,25-26,28,30-31,33H,6-11,14,17-18,21-24H2,1-5H3,(H,40,44). The fraction of sp³-hybridized carbons (Fsp3) is 0.632. The van der Waals surface area contributed by atoms with E-state index in [0.717, 1.165) is 74.5 Å². The summed E-state index contributed by atoms with van der Waals surface area (Å²) in [5, 5.41) is 0.546. The van der Waals surface area contributed by atoms with Gasteiger partial charge in [-0.3, -0.25) is 14.3 Å². The number of ether oxygens (including phenoxy) is 2. The van der Waals surface area contributed by atoms with E-state index in [9.17, 15) is 13.8 Å². The monoisotopic (exact) mass is 699 g/mol. The second kappa shape index (κ2) is 16.9. The zero-order valence-corrected chi connectivity index (χ0v) is 30.9. The molecule has 2 bridgehead atoms. The molecule has 2 amide bonds. The summed E-state index contributed by atoms with van der Waals surface area (Å²) < 4.78 is 27.9. The first-order chi connectivity index (χ1) is 23.1. The van der Waals surface area contributed by atoms with Crippen molar-refractivity contribution in [1.82, 2.24) is 9.62 Å². The molecule has 7 atom stereocenters. The molecular weight excluding hydrogens is 646 g/mol. The number of halogens is 1. The molecule has 8 nitrogen and oxygen atoms in total. The number of fused-ring (bicyclic) bond motifs is 2. The van der Waals surface area contributed by atoms with Crippen molar-refractivity contribution in [2.45, 2.75) is 83.3 Å². The average Bonchev–Trinajstić information content (AvgIpc) is 3.23. The van der Waals surface area contributed by atoms with Crippen LogP contribution in [0.25, 0.3) is 0 Å². The zero-order chi connectivity index (χ0) is 34.4. The summed E-state index contributed by atoms with van der Waals surface area (Å²) >= 11 is 6.45. The fourth-order valence-electron chi connectivity index (χ4n) is 7.77. The highest BCUT2D eigenvalue weighted by Crippen LogP contribution is 2.46. The quantitative estimate of drug-likeness (QED) is 0.319. The molecule has 2 aliphatic heterocycles. The first kappa shape index (κ1) is 36.7. The Balaban J connectivity index is 1.50. The molecule has 1 N–H and O–H groups in total. The number of amides is 2. The molecule has 0 radical (unpaired) electrons. The lowest BCUT2D eigenvalue weighted by atomic mass is 9.64. The highest BCUT2D eigenvalue weighted by atomic mass is 35.5. The molecule has 0 aromatic heterocycles. The number of rotatable bonds is 8. The van der Waals surface area contributed by atoms with Gasteiger partial charge in [-0.2, -0.15) is 0 Å². The van der Waals surface area contributed by atoms with Crippen LogP contribution in [0.5, 0.6) is 5.75 Å². The summed E-state index contributed by atoms with van der Waals surface area (Å²) in [5.74, 6) is 2.01. The minimum Gasteiger partial charge on any atom is -0.491 e. The summed E-state index contributed by atoms with van der Waals surface area (Å²) in [6, 6.07) is 11.8. The van der Waals surface area contributed by atoms with Crippen LogP contribution in [-0.2, 0) is 26.9 Å². The van der Waals surface area contributed by atoms with E-state index in [1.54, 1.807) is 18.1 Å². The summed E-state index contributed by atoms with van der Waals surface area (Å²) in [5.41, 5.74) is 3.88. The number of carbonyl (C=O) groups is 2. The van der Waals surface area contributed by atoms with E-state index in [0.29, 0.717) is 43.6 Å². The van der Waals surface area contributed by atoms with Crippen molar-refractivity contribution >= 4 is 40.1 Å². The van der Waals surface area contributed by atoms with Gasteiger partial charge in [-0.05, 0) is 104 Å². The van der Waals surface area contributed by atoms with Crippen LogP contribution in [0, 0.1) is 23.7 Å². The van der Waals surface area contributed by atoms with Crippen LogP contribution < -0.4 is 14.4 Å². The maximum Gasteiger partial charge on any atom is 0.263 e. The normalized spacial score (nSPS) is 27.9. The van der Waals surface area contributed by atoms with Crippen molar-refractivity contribution in [3.63, 3.8) is 0 Å². The predicted molar refractivity (Wildman–Crippen MR) is 194 cm³/mol. The molecule has 5 rings (SSSR count). The Morgan fingerprint density at radius 1 is 1.12 bits per heavy atom. The zero-order valence-electron chi connectivity index (χ0n) is 29.3. The number of likely N-dealkylation sites (N-methyl/N-ethyl adjacent to an activating group) is 1. The van der Waals surface area contributed by atoms with E-state index in [-0.39, 0.29) is 34.8 Å². The van der Waals surface area contributed by atoms with E-state index >= 15 is 0 Å². The van der Waals surface area contributed by atoms with Gasteiger partial charge in [-0.1, -0.05) is 44.4 Å². The summed E-state index contributed by atoms with van der Waals surface area (Å²) in [7, 11) is 2.01. The molecule has 7 unspecified atom stereocenters. The highest BCUT2D eigenvalue weighted by Gasteiger charge is 2.40. The molecule has 1 saturated carbocycles. The van der Waals surface area contributed by atoms with Gasteiger partial charge in [0.2, 0.25) is 5.91 Å². The van der Waals surface area contributed by atoms with Crippen molar-refractivity contribution in [3.8, 4) is 5.75 Å². The lowest BCUT2D eigenvalue weighted by Gasteiger charge is -2.45. The number of nitrogens with one attached hydrogen (secondary N) is 1. The second-order valence-corrected chi connectivity index (χ2v) is 16.3. The van der Waals surface area contributed by atoms with Gasteiger partial charge in [0.25, 0.3) is 5.91 Å². The molecule has 10 heteroatoms. The smallest absolute Gasteiger partial charge is 0.263 e. The van der Waals surface area contributed by atoms with Crippen LogP contribution in [0.2, 0.25) is 5.02 Å². The summed E-state index contributed by atoms with van der Waals surface area (Å²) in [6.45, 7) is 9.44. The van der Waals surface area contributed by atoms with Gasteiger partial charge in [0.05, 0.1) is 24.2 Å². The highest BCUT2D eigenvalue weighted by molar-refractivity contribution is 7.84. The summed E-state index contributed by atoms with van der Waals surface area (Å²) in [4.78, 5) is 31.1. The second-order valence-electron chi connectivity index (χ2n) is 14.3. The van der Waals surface area contributed by atoms with E-state index in [4.69, 9.17) is 21.1 Å². The molecule has 1 fully saturated rings.